The number of fused-ring (bicyclic) bond motifs is 1. The van der Waals surface area contributed by atoms with Gasteiger partial charge in [0.1, 0.15) is 24.2 Å². The van der Waals surface area contributed by atoms with Gasteiger partial charge < -0.3 is 14.2 Å². The number of carbonyl (C=O) groups is 3. The predicted octanol–water partition coefficient (Wildman–Crippen LogP) is 4.38. The smallest absolute Gasteiger partial charge is 0.333 e. The Morgan fingerprint density at radius 1 is 1.29 bits per heavy atom. The normalized spacial score (nSPS) is 37.7. The number of rotatable bonds is 5. The Balaban J connectivity index is 2.06. The molecule has 0 aromatic heterocycles. The second kappa shape index (κ2) is 8.44. The maximum atomic E-state index is 13.1. The third-order valence-corrected chi connectivity index (χ3v) is 7.86. The average molecular weight is 433 g/mol. The molecule has 172 valence electrons. The molecule has 3 rings (SSSR count). The van der Waals surface area contributed by atoms with Crippen LogP contribution < -0.4 is 0 Å². The molecule has 0 amide bonds. The molecule has 0 aromatic carbocycles. The van der Waals surface area contributed by atoms with Gasteiger partial charge in [-0.3, -0.25) is 9.59 Å². The van der Waals surface area contributed by atoms with Crippen molar-refractivity contribution in [1.82, 2.24) is 0 Å². The van der Waals surface area contributed by atoms with Crippen LogP contribution in [-0.2, 0) is 28.6 Å². The van der Waals surface area contributed by atoms with Crippen LogP contribution in [0.25, 0.3) is 0 Å². The molecule has 0 aromatic rings. The molecule has 1 aliphatic heterocycles. The fraction of sp³-hybridized carbons (Fsp3) is 0.720. The monoisotopic (exact) mass is 432 g/mol. The molecule has 2 saturated carbocycles. The summed E-state index contributed by atoms with van der Waals surface area (Å²) in [6.07, 6.45) is 2.80. The molecule has 6 unspecified atom stereocenters. The first-order valence-corrected chi connectivity index (χ1v) is 11.4. The van der Waals surface area contributed by atoms with Crippen molar-refractivity contribution in [3.05, 3.63) is 23.8 Å². The topological polar surface area (TPSA) is 78.9 Å². The molecule has 0 bridgehead atoms. The van der Waals surface area contributed by atoms with Crippen molar-refractivity contribution in [3.8, 4) is 0 Å². The molecule has 1 heterocycles. The standard InChI is InChI=1S/C25H36O6/c1-8-15(4)22(27)30-18-10-9-16(5)24(7)13-25(17(6)12-29-23(25)28)21(20(18)24)31-19(26)11-14(2)3/h8,14,16,18,20-21H,6,9-13H2,1-5,7H3. The van der Waals surface area contributed by atoms with Crippen LogP contribution in [0.1, 0.15) is 67.2 Å². The molecule has 3 aliphatic rings. The SMILES string of the molecule is C=C1COC(=O)C12CC1(C)C(C)CCC(OC(=O)C(C)=CC)C1C2OC(=O)CC(C)C. The van der Waals surface area contributed by atoms with Gasteiger partial charge in [0.05, 0.1) is 0 Å². The summed E-state index contributed by atoms with van der Waals surface area (Å²) in [5.41, 5.74) is -0.254. The first-order valence-electron chi connectivity index (χ1n) is 11.4. The van der Waals surface area contributed by atoms with Crippen LogP contribution in [0.15, 0.2) is 23.8 Å². The van der Waals surface area contributed by atoms with Crippen molar-refractivity contribution in [2.45, 2.75) is 79.4 Å². The Bertz CT molecular complexity index is 793. The Labute approximate surface area is 185 Å². The van der Waals surface area contributed by atoms with Gasteiger partial charge in [-0.1, -0.05) is 40.3 Å². The van der Waals surface area contributed by atoms with E-state index in [-0.39, 0.29) is 54.1 Å². The average Bonchev–Trinajstić information content (AvgIpc) is 3.13. The number of carbonyl (C=O) groups excluding carboxylic acids is 3. The minimum Gasteiger partial charge on any atom is -0.460 e. The second-order valence-corrected chi connectivity index (χ2v) is 10.3. The lowest BCUT2D eigenvalue weighted by atomic mass is 9.61. The molecule has 6 nitrogen and oxygen atoms in total. The first kappa shape index (κ1) is 23.6. The van der Waals surface area contributed by atoms with Crippen molar-refractivity contribution in [3.63, 3.8) is 0 Å². The van der Waals surface area contributed by atoms with Gasteiger partial charge in [-0.2, -0.15) is 0 Å². The molecule has 0 radical (unpaired) electrons. The fourth-order valence-corrected chi connectivity index (χ4v) is 5.76. The van der Waals surface area contributed by atoms with Crippen LogP contribution >= 0.6 is 0 Å². The van der Waals surface area contributed by atoms with E-state index in [1.54, 1.807) is 19.9 Å². The summed E-state index contributed by atoms with van der Waals surface area (Å²) in [6, 6.07) is 0. The molecule has 1 saturated heterocycles. The minimum atomic E-state index is -1.08. The fourth-order valence-electron chi connectivity index (χ4n) is 5.76. The highest BCUT2D eigenvalue weighted by molar-refractivity contribution is 5.88. The van der Waals surface area contributed by atoms with Crippen LogP contribution in [0.4, 0.5) is 0 Å². The zero-order valence-corrected chi connectivity index (χ0v) is 19.7. The zero-order chi connectivity index (χ0) is 23.1. The Morgan fingerprint density at radius 3 is 2.52 bits per heavy atom. The van der Waals surface area contributed by atoms with E-state index in [0.29, 0.717) is 24.0 Å². The van der Waals surface area contributed by atoms with Gasteiger partial charge in [0.2, 0.25) is 0 Å². The highest BCUT2D eigenvalue weighted by Gasteiger charge is 2.72. The van der Waals surface area contributed by atoms with Crippen molar-refractivity contribution < 1.29 is 28.6 Å². The predicted molar refractivity (Wildman–Crippen MR) is 116 cm³/mol. The van der Waals surface area contributed by atoms with Crippen LogP contribution in [0.3, 0.4) is 0 Å². The van der Waals surface area contributed by atoms with Crippen molar-refractivity contribution in [2.75, 3.05) is 6.61 Å². The van der Waals surface area contributed by atoms with Crippen molar-refractivity contribution >= 4 is 17.9 Å². The molecular weight excluding hydrogens is 396 g/mol. The quantitative estimate of drug-likeness (QED) is 0.278. The summed E-state index contributed by atoms with van der Waals surface area (Å²) >= 11 is 0. The van der Waals surface area contributed by atoms with Gasteiger partial charge >= 0.3 is 17.9 Å². The number of allylic oxidation sites excluding steroid dienone is 1. The number of hydrogen-bond acceptors (Lipinski definition) is 6. The van der Waals surface area contributed by atoms with E-state index in [0.717, 1.165) is 6.42 Å². The summed E-state index contributed by atoms with van der Waals surface area (Å²) in [5.74, 6) is -0.997. The molecule has 31 heavy (non-hydrogen) atoms. The third-order valence-electron chi connectivity index (χ3n) is 7.86. The Hall–Kier alpha value is -2.11. The van der Waals surface area contributed by atoms with E-state index in [9.17, 15) is 14.4 Å². The van der Waals surface area contributed by atoms with E-state index in [1.807, 2.05) is 13.8 Å². The molecule has 1 spiro atoms. The number of esters is 3. The van der Waals surface area contributed by atoms with Crippen LogP contribution in [0.5, 0.6) is 0 Å². The lowest BCUT2D eigenvalue weighted by Crippen LogP contribution is -2.50. The van der Waals surface area contributed by atoms with Gasteiger partial charge in [-0.05, 0) is 55.9 Å². The summed E-state index contributed by atoms with van der Waals surface area (Å²) in [6.45, 7) is 16.0. The molecule has 0 N–H and O–H groups in total. The lowest BCUT2D eigenvalue weighted by Gasteiger charge is -2.46. The summed E-state index contributed by atoms with van der Waals surface area (Å²) < 4.78 is 17.4. The Kier molecular flexibility index (Phi) is 6.41. The lowest BCUT2D eigenvalue weighted by molar-refractivity contribution is -0.175. The molecule has 6 atom stereocenters. The number of ether oxygens (including phenoxy) is 3. The van der Waals surface area contributed by atoms with Crippen LogP contribution in [0, 0.1) is 28.6 Å². The molecule has 3 fully saturated rings. The van der Waals surface area contributed by atoms with Crippen LogP contribution in [0.2, 0.25) is 0 Å². The van der Waals surface area contributed by atoms with Crippen molar-refractivity contribution in [1.29, 1.82) is 0 Å². The van der Waals surface area contributed by atoms with E-state index >= 15 is 0 Å². The van der Waals surface area contributed by atoms with Gasteiger partial charge in [0.15, 0.2) is 0 Å². The molecular formula is C25H36O6. The largest absolute Gasteiger partial charge is 0.460 e. The summed E-state index contributed by atoms with van der Waals surface area (Å²) in [5, 5.41) is 0. The van der Waals surface area contributed by atoms with E-state index < -0.39 is 17.6 Å². The summed E-state index contributed by atoms with van der Waals surface area (Å²) in [7, 11) is 0. The second-order valence-electron chi connectivity index (χ2n) is 10.3. The maximum absolute atomic E-state index is 13.1. The van der Waals surface area contributed by atoms with Gasteiger partial charge in [-0.15, -0.1) is 0 Å². The van der Waals surface area contributed by atoms with Gasteiger partial charge in [0.25, 0.3) is 0 Å². The highest BCUT2D eigenvalue weighted by atomic mass is 16.6. The highest BCUT2D eigenvalue weighted by Crippen LogP contribution is 2.66. The van der Waals surface area contributed by atoms with E-state index in [1.165, 1.54) is 0 Å². The zero-order valence-electron chi connectivity index (χ0n) is 19.7. The van der Waals surface area contributed by atoms with Gasteiger partial charge in [0, 0.05) is 17.9 Å². The first-order chi connectivity index (χ1) is 14.5. The number of cyclic esters (lactones) is 1. The maximum Gasteiger partial charge on any atom is 0.333 e. The van der Waals surface area contributed by atoms with Gasteiger partial charge in [-0.25, -0.2) is 4.79 Å². The van der Waals surface area contributed by atoms with Crippen LogP contribution in [-0.4, -0.2) is 36.7 Å². The number of hydrogen-bond donors (Lipinski definition) is 0. The molecule has 6 heteroatoms. The third kappa shape index (κ3) is 3.83. The minimum absolute atomic E-state index is 0.131. The van der Waals surface area contributed by atoms with E-state index in [2.05, 4.69) is 20.4 Å². The Morgan fingerprint density at radius 2 is 1.97 bits per heavy atom. The molecule has 2 aliphatic carbocycles. The van der Waals surface area contributed by atoms with E-state index in [4.69, 9.17) is 14.2 Å². The van der Waals surface area contributed by atoms with Crippen molar-refractivity contribution in [2.24, 2.45) is 28.6 Å². The summed E-state index contributed by atoms with van der Waals surface area (Å²) in [4.78, 5) is 38.5.